The molecule has 25 heavy (non-hydrogen) atoms. The molecule has 2 aromatic rings. The van der Waals surface area contributed by atoms with Gasteiger partial charge in [0.05, 0.1) is 11.5 Å². The highest BCUT2D eigenvalue weighted by atomic mass is 16.7. The van der Waals surface area contributed by atoms with Crippen LogP contribution in [-0.2, 0) is 4.74 Å². The van der Waals surface area contributed by atoms with Crippen LogP contribution in [0.2, 0.25) is 0 Å². The monoisotopic (exact) mass is 345 g/mol. The first-order chi connectivity index (χ1) is 12.0. The van der Waals surface area contributed by atoms with E-state index in [1.807, 2.05) is 0 Å². The van der Waals surface area contributed by atoms with Crippen LogP contribution < -0.4 is 15.4 Å². The zero-order chi connectivity index (χ0) is 18.2. The fourth-order valence-electron chi connectivity index (χ4n) is 1.84. The van der Waals surface area contributed by atoms with Gasteiger partial charge in [0.1, 0.15) is 5.75 Å². The van der Waals surface area contributed by atoms with E-state index in [4.69, 9.17) is 4.74 Å². The summed E-state index contributed by atoms with van der Waals surface area (Å²) in [5.41, 5.74) is 0.603. The smallest absolute Gasteiger partial charge is 0.434 e. The number of hydrogen-bond acceptors (Lipinski definition) is 6. The number of nitro benzene ring substituents is 1. The minimum atomic E-state index is -0.813. The molecule has 2 N–H and O–H groups in total. The third-order valence-electron chi connectivity index (χ3n) is 2.89. The highest BCUT2D eigenvalue weighted by Crippen LogP contribution is 2.19. The maximum Gasteiger partial charge on any atom is 0.513 e. The quantitative estimate of drug-likeness (QED) is 0.368. The molecule has 0 unspecified atom stereocenters. The van der Waals surface area contributed by atoms with Crippen LogP contribution in [0, 0.1) is 10.1 Å². The molecule has 9 nitrogen and oxygen atoms in total. The largest absolute Gasteiger partial charge is 0.513 e. The summed E-state index contributed by atoms with van der Waals surface area (Å²) in [6.07, 6.45) is -0.813. The second-order valence-electron chi connectivity index (χ2n) is 4.70. The van der Waals surface area contributed by atoms with Crippen LogP contribution in [0.4, 0.5) is 26.7 Å². The van der Waals surface area contributed by atoms with Crippen LogP contribution in [-0.4, -0.2) is 23.7 Å². The lowest BCUT2D eigenvalue weighted by Gasteiger charge is -2.08. The first-order valence-corrected chi connectivity index (χ1v) is 7.25. The Balaban J connectivity index is 1.93. The van der Waals surface area contributed by atoms with E-state index in [1.54, 1.807) is 6.92 Å². The van der Waals surface area contributed by atoms with Gasteiger partial charge in [-0.1, -0.05) is 6.07 Å². The molecule has 2 amide bonds. The molecule has 2 aromatic carbocycles. The van der Waals surface area contributed by atoms with E-state index in [0.717, 1.165) is 0 Å². The van der Waals surface area contributed by atoms with Crippen molar-refractivity contribution in [1.29, 1.82) is 0 Å². The number of nitro groups is 1. The van der Waals surface area contributed by atoms with Gasteiger partial charge in [0.25, 0.3) is 5.69 Å². The van der Waals surface area contributed by atoms with E-state index < -0.39 is 17.1 Å². The zero-order valence-electron chi connectivity index (χ0n) is 13.2. The lowest BCUT2D eigenvalue weighted by atomic mass is 10.3. The molecule has 0 radical (unpaired) electrons. The second kappa shape index (κ2) is 8.29. The maximum atomic E-state index is 11.9. The predicted molar refractivity (Wildman–Crippen MR) is 89.8 cm³/mol. The summed E-state index contributed by atoms with van der Waals surface area (Å²) < 4.78 is 9.54. The van der Waals surface area contributed by atoms with Gasteiger partial charge in [0.15, 0.2) is 0 Å². The Kier molecular flexibility index (Phi) is 5.88. The van der Waals surface area contributed by atoms with Gasteiger partial charge in [-0.3, -0.25) is 10.1 Å². The van der Waals surface area contributed by atoms with Crippen molar-refractivity contribution in [2.75, 3.05) is 17.2 Å². The number of hydrogen-bond donors (Lipinski definition) is 2. The number of nitrogens with zero attached hydrogens (tertiary/aromatic N) is 1. The third kappa shape index (κ3) is 5.50. The van der Waals surface area contributed by atoms with E-state index in [0.29, 0.717) is 5.69 Å². The van der Waals surface area contributed by atoms with Crippen molar-refractivity contribution in [3.8, 4) is 5.75 Å². The molecular weight excluding hydrogens is 330 g/mol. The Morgan fingerprint density at radius 3 is 2.40 bits per heavy atom. The van der Waals surface area contributed by atoms with Gasteiger partial charge in [-0.25, -0.2) is 9.59 Å². The predicted octanol–water partition coefficient (Wildman–Crippen LogP) is 3.77. The number of ether oxygens (including phenoxy) is 2. The van der Waals surface area contributed by atoms with Gasteiger partial charge in [0.2, 0.25) is 0 Å². The van der Waals surface area contributed by atoms with Gasteiger partial charge in [-0.05, 0) is 37.3 Å². The fraction of sp³-hybridized carbons (Fsp3) is 0.125. The molecule has 2 rings (SSSR count). The van der Waals surface area contributed by atoms with E-state index in [9.17, 15) is 19.7 Å². The number of carbonyl (C=O) groups excluding carboxylic acids is 2. The lowest BCUT2D eigenvalue weighted by molar-refractivity contribution is -0.384. The SMILES string of the molecule is CCOC(=O)Oc1ccc(NC(=O)Nc2cccc([N+](=O)[O-])c2)cc1. The second-order valence-corrected chi connectivity index (χ2v) is 4.70. The molecule has 0 aliphatic carbocycles. The average Bonchev–Trinajstić information content (AvgIpc) is 2.57. The summed E-state index contributed by atoms with van der Waals surface area (Å²) in [7, 11) is 0. The van der Waals surface area contributed by atoms with Crippen molar-refractivity contribution in [3.63, 3.8) is 0 Å². The maximum absolute atomic E-state index is 11.9. The zero-order valence-corrected chi connectivity index (χ0v) is 13.2. The summed E-state index contributed by atoms with van der Waals surface area (Å²) in [5.74, 6) is 0.267. The van der Waals surface area contributed by atoms with E-state index in [-0.39, 0.29) is 23.7 Å². The Morgan fingerprint density at radius 1 is 1.08 bits per heavy atom. The van der Waals surface area contributed by atoms with Crippen molar-refractivity contribution in [1.82, 2.24) is 0 Å². The Bertz CT molecular complexity index is 776. The number of urea groups is 1. The molecule has 0 aliphatic heterocycles. The van der Waals surface area contributed by atoms with Crippen LogP contribution in [0.1, 0.15) is 6.92 Å². The molecular formula is C16H15N3O6. The Morgan fingerprint density at radius 2 is 1.76 bits per heavy atom. The minimum Gasteiger partial charge on any atom is -0.434 e. The molecule has 0 bridgehead atoms. The van der Waals surface area contributed by atoms with Crippen molar-refractivity contribution in [3.05, 3.63) is 58.6 Å². The number of nitrogens with one attached hydrogen (secondary N) is 2. The van der Waals surface area contributed by atoms with Gasteiger partial charge in [-0.2, -0.15) is 0 Å². The highest BCUT2D eigenvalue weighted by Gasteiger charge is 2.09. The molecule has 0 heterocycles. The molecule has 0 spiro atoms. The molecule has 130 valence electrons. The lowest BCUT2D eigenvalue weighted by Crippen LogP contribution is -2.19. The normalized spacial score (nSPS) is 9.80. The van der Waals surface area contributed by atoms with Crippen LogP contribution in [0.25, 0.3) is 0 Å². The third-order valence-corrected chi connectivity index (χ3v) is 2.89. The Labute approximate surface area is 142 Å². The summed E-state index contributed by atoms with van der Waals surface area (Å²) >= 11 is 0. The van der Waals surface area contributed by atoms with Crippen molar-refractivity contribution in [2.45, 2.75) is 6.92 Å². The van der Waals surface area contributed by atoms with Crippen molar-refractivity contribution in [2.24, 2.45) is 0 Å². The van der Waals surface area contributed by atoms with Crippen LogP contribution in [0.3, 0.4) is 0 Å². The van der Waals surface area contributed by atoms with Gasteiger partial charge in [-0.15, -0.1) is 0 Å². The summed E-state index contributed by atoms with van der Waals surface area (Å²) in [6.45, 7) is 1.87. The molecule has 0 saturated heterocycles. The number of carbonyl (C=O) groups is 2. The molecule has 0 fully saturated rings. The Hall–Kier alpha value is -3.62. The highest BCUT2D eigenvalue weighted by molar-refractivity contribution is 5.99. The number of non-ortho nitro benzene ring substituents is 1. The summed E-state index contributed by atoms with van der Waals surface area (Å²) in [6, 6.07) is 11.0. The molecule has 0 aliphatic rings. The molecule has 0 atom stereocenters. The summed E-state index contributed by atoms with van der Waals surface area (Å²) in [5, 5.41) is 15.8. The standard InChI is InChI=1S/C16H15N3O6/c1-2-24-16(21)25-14-8-6-11(7-9-14)17-15(20)18-12-4-3-5-13(10-12)19(22)23/h3-10H,2H2,1H3,(H2,17,18,20). The number of amides is 2. The summed E-state index contributed by atoms with van der Waals surface area (Å²) in [4.78, 5) is 33.3. The van der Waals surface area contributed by atoms with E-state index in [1.165, 1.54) is 48.5 Å². The minimum absolute atomic E-state index is 0.127. The molecule has 0 saturated carbocycles. The first kappa shape index (κ1) is 17.7. The number of anilines is 2. The molecule has 0 aromatic heterocycles. The van der Waals surface area contributed by atoms with Gasteiger partial charge in [0, 0.05) is 23.5 Å². The van der Waals surface area contributed by atoms with Crippen LogP contribution in [0.15, 0.2) is 48.5 Å². The van der Waals surface area contributed by atoms with Crippen molar-refractivity contribution >= 4 is 29.2 Å². The van der Waals surface area contributed by atoms with Crippen LogP contribution >= 0.6 is 0 Å². The van der Waals surface area contributed by atoms with Gasteiger partial charge >= 0.3 is 12.2 Å². The number of benzene rings is 2. The first-order valence-electron chi connectivity index (χ1n) is 7.25. The average molecular weight is 345 g/mol. The van der Waals surface area contributed by atoms with Gasteiger partial charge < -0.3 is 20.1 Å². The van der Waals surface area contributed by atoms with Crippen molar-refractivity contribution < 1.29 is 24.0 Å². The molecule has 9 heteroatoms. The van der Waals surface area contributed by atoms with Crippen LogP contribution in [0.5, 0.6) is 5.75 Å². The number of rotatable bonds is 5. The topological polar surface area (TPSA) is 120 Å². The van der Waals surface area contributed by atoms with E-state index in [2.05, 4.69) is 15.4 Å². The fourth-order valence-corrected chi connectivity index (χ4v) is 1.84. The van der Waals surface area contributed by atoms with E-state index >= 15 is 0 Å².